The number of hydrogen-bond donors (Lipinski definition) is 0. The molecule has 1 saturated carbocycles. The fraction of sp³-hybridized carbons (Fsp3) is 0.700. The van der Waals surface area contributed by atoms with Gasteiger partial charge in [0, 0.05) is 17.7 Å². The number of thiophene rings is 1. The molecule has 148 valence electrons. The van der Waals surface area contributed by atoms with E-state index in [1.807, 2.05) is 0 Å². The van der Waals surface area contributed by atoms with Crippen molar-refractivity contribution in [3.05, 3.63) is 16.0 Å². The lowest BCUT2D eigenvalue weighted by Gasteiger charge is -2.30. The first-order valence-electron chi connectivity index (χ1n) is 9.56. The van der Waals surface area contributed by atoms with Crippen LogP contribution in [0.2, 0.25) is 0 Å². The van der Waals surface area contributed by atoms with Crippen LogP contribution in [0.15, 0.2) is 4.21 Å². The van der Waals surface area contributed by atoms with Gasteiger partial charge in [-0.1, -0.05) is 20.8 Å². The van der Waals surface area contributed by atoms with Gasteiger partial charge in [-0.3, -0.25) is 4.79 Å². The molecule has 1 fully saturated rings. The van der Waals surface area contributed by atoms with Gasteiger partial charge in [-0.05, 0) is 49.0 Å². The molecule has 1 heterocycles. The lowest BCUT2D eigenvalue weighted by atomic mass is 9.74. The maximum Gasteiger partial charge on any atom is 0.165 e. The quantitative estimate of drug-likeness (QED) is 0.485. The number of hydrogen-bond acceptors (Lipinski definition) is 6. The number of rotatable bonds is 5. The Morgan fingerprint density at radius 1 is 1.30 bits per heavy atom. The highest BCUT2D eigenvalue weighted by atomic mass is 32.3. The lowest BCUT2D eigenvalue weighted by molar-refractivity contribution is 0.0910. The van der Waals surface area contributed by atoms with E-state index >= 15 is 0 Å². The largest absolute Gasteiger partial charge is 0.615 e. The number of nitriles is 1. The summed E-state index contributed by atoms with van der Waals surface area (Å²) in [7, 11) is -3.10. The highest BCUT2D eigenvalue weighted by Gasteiger charge is 2.37. The Morgan fingerprint density at radius 2 is 1.96 bits per heavy atom. The molecule has 0 spiro atoms. The number of carbonyl (C=O) groups is 1. The van der Waals surface area contributed by atoms with Gasteiger partial charge in [0.1, 0.15) is 21.9 Å². The molecule has 1 unspecified atom stereocenters. The number of carbonyl (C=O) groups excluding carboxylic acids is 1. The standard InChI is InChI=1S/C20H27NO3S3/c1-13-4-6-14(7-5-13)27(23,24)9-8-25-19-18-15(17(12-21)26-19)10-20(2,3)11-16(18)22/h13-14H,4-11H2,1-3H3. The second-order valence-electron chi connectivity index (χ2n) is 8.72. The first kappa shape index (κ1) is 21.0. The van der Waals surface area contributed by atoms with Gasteiger partial charge in [0.25, 0.3) is 0 Å². The van der Waals surface area contributed by atoms with E-state index in [4.69, 9.17) is 0 Å². The van der Waals surface area contributed by atoms with Crippen molar-refractivity contribution >= 4 is 39.1 Å². The third-order valence-corrected chi connectivity index (χ3v) is 10.6. The zero-order chi connectivity index (χ0) is 19.8. The van der Waals surface area contributed by atoms with E-state index in [2.05, 4.69) is 26.8 Å². The topological polar surface area (TPSA) is 81.0 Å². The Bertz CT molecular complexity index is 813. The second kappa shape index (κ2) is 7.98. The number of fused-ring (bicyclic) bond motifs is 1. The zero-order valence-corrected chi connectivity index (χ0v) is 18.7. The Balaban J connectivity index is 1.69. The van der Waals surface area contributed by atoms with Crippen molar-refractivity contribution in [3.63, 3.8) is 0 Å². The van der Waals surface area contributed by atoms with E-state index in [1.165, 1.54) is 23.1 Å². The molecule has 1 atom stereocenters. The molecular weight excluding hydrogens is 398 g/mol. The molecule has 1 aromatic rings. The van der Waals surface area contributed by atoms with E-state index in [0.29, 0.717) is 28.5 Å². The van der Waals surface area contributed by atoms with Crippen molar-refractivity contribution in [2.45, 2.75) is 68.8 Å². The Morgan fingerprint density at radius 3 is 2.59 bits per heavy atom. The number of sulfone groups is 1. The molecule has 2 aliphatic rings. The van der Waals surface area contributed by atoms with Crippen molar-refractivity contribution in [1.29, 1.82) is 5.26 Å². The van der Waals surface area contributed by atoms with Gasteiger partial charge >= 0.3 is 0 Å². The third kappa shape index (κ3) is 4.67. The van der Waals surface area contributed by atoms with Crippen LogP contribution in [-0.2, 0) is 20.8 Å². The fourth-order valence-electron chi connectivity index (χ4n) is 4.15. The van der Waals surface area contributed by atoms with Crippen molar-refractivity contribution in [1.82, 2.24) is 0 Å². The van der Waals surface area contributed by atoms with Gasteiger partial charge in [0.15, 0.2) is 5.78 Å². The van der Waals surface area contributed by atoms with E-state index in [0.717, 1.165) is 41.9 Å². The van der Waals surface area contributed by atoms with Gasteiger partial charge < -0.3 is 4.55 Å². The van der Waals surface area contributed by atoms with Gasteiger partial charge in [-0.15, -0.1) is 27.3 Å². The summed E-state index contributed by atoms with van der Waals surface area (Å²) in [6.07, 6.45) is 4.74. The molecule has 4 nitrogen and oxygen atoms in total. The van der Waals surface area contributed by atoms with Crippen LogP contribution in [-0.4, -0.2) is 27.1 Å². The molecule has 27 heavy (non-hydrogen) atoms. The molecule has 0 aliphatic heterocycles. The number of ketones is 1. The predicted octanol–water partition coefficient (Wildman–Crippen LogP) is 5.08. The van der Waals surface area contributed by atoms with Gasteiger partial charge in [0.2, 0.25) is 0 Å². The second-order valence-corrected chi connectivity index (χ2v) is 13.5. The molecule has 0 amide bonds. The summed E-state index contributed by atoms with van der Waals surface area (Å²) in [6, 6.07) is 2.23. The van der Waals surface area contributed by atoms with Crippen LogP contribution in [0.1, 0.15) is 73.7 Å². The van der Waals surface area contributed by atoms with Gasteiger partial charge in [-0.25, -0.2) is 0 Å². The fourth-order valence-corrected chi connectivity index (χ4v) is 8.91. The van der Waals surface area contributed by atoms with Crippen LogP contribution in [0.3, 0.4) is 0 Å². The average Bonchev–Trinajstić information content (AvgIpc) is 2.91. The summed E-state index contributed by atoms with van der Waals surface area (Å²) in [5.74, 6) is 1.31. The number of Topliss-reactive ketones (excluding diaryl/α,β-unsaturated/α-hetero) is 1. The molecule has 1 aromatic heterocycles. The van der Waals surface area contributed by atoms with E-state index in [1.54, 1.807) is 0 Å². The SMILES string of the molecule is CC1CCC([S+](=O)([O-])CCSc2sc(C#N)c3c2C(=O)CC(C)(C)C3)CC1. The van der Waals surface area contributed by atoms with Crippen LogP contribution in [0, 0.1) is 22.7 Å². The Hall–Kier alpha value is -0.680. The lowest BCUT2D eigenvalue weighted by Crippen LogP contribution is -2.34. The minimum atomic E-state index is -3.10. The van der Waals surface area contributed by atoms with Crippen LogP contribution < -0.4 is 0 Å². The van der Waals surface area contributed by atoms with E-state index in [-0.39, 0.29) is 22.2 Å². The maximum atomic E-state index is 12.7. The normalized spacial score (nSPS) is 26.9. The Kier molecular flexibility index (Phi) is 6.22. The van der Waals surface area contributed by atoms with E-state index < -0.39 is 10.2 Å². The first-order valence-corrected chi connectivity index (χ1v) is 13.1. The third-order valence-electron chi connectivity index (χ3n) is 5.72. The van der Waals surface area contributed by atoms with Crippen LogP contribution in [0.25, 0.3) is 0 Å². The molecule has 0 saturated heterocycles. The van der Waals surface area contributed by atoms with Crippen molar-refractivity contribution < 1.29 is 13.6 Å². The summed E-state index contributed by atoms with van der Waals surface area (Å²) < 4.78 is 26.1. The number of thioether (sulfide) groups is 1. The smallest absolute Gasteiger partial charge is 0.165 e. The molecule has 0 bridgehead atoms. The molecule has 0 radical (unpaired) electrons. The monoisotopic (exact) mass is 425 g/mol. The number of nitrogens with zero attached hydrogens (tertiary/aromatic N) is 1. The molecule has 3 rings (SSSR count). The maximum absolute atomic E-state index is 12.7. The van der Waals surface area contributed by atoms with Crippen LogP contribution in [0.4, 0.5) is 0 Å². The van der Waals surface area contributed by atoms with Crippen molar-refractivity contribution in [2.75, 3.05) is 11.5 Å². The molecule has 0 aromatic carbocycles. The molecule has 2 aliphatic carbocycles. The average molecular weight is 426 g/mol. The van der Waals surface area contributed by atoms with E-state index in [9.17, 15) is 18.8 Å². The summed E-state index contributed by atoms with van der Waals surface area (Å²) in [5.41, 5.74) is 1.43. The first-order chi connectivity index (χ1) is 12.6. The molecule has 7 heteroatoms. The Labute approximate surface area is 171 Å². The highest BCUT2D eigenvalue weighted by Crippen LogP contribution is 2.45. The van der Waals surface area contributed by atoms with Crippen molar-refractivity contribution in [3.8, 4) is 6.07 Å². The van der Waals surface area contributed by atoms with Crippen LogP contribution >= 0.6 is 23.1 Å². The minimum Gasteiger partial charge on any atom is -0.615 e. The zero-order valence-electron chi connectivity index (χ0n) is 16.2. The van der Waals surface area contributed by atoms with Gasteiger partial charge in [0.05, 0.1) is 14.4 Å². The van der Waals surface area contributed by atoms with Crippen molar-refractivity contribution in [2.24, 2.45) is 11.3 Å². The predicted molar refractivity (Wildman–Crippen MR) is 111 cm³/mol. The minimum absolute atomic E-state index is 0.0885. The highest BCUT2D eigenvalue weighted by molar-refractivity contribution is 8.03. The molecular formula is C20H27NO3S3. The summed E-state index contributed by atoms with van der Waals surface area (Å²) in [6.45, 7) is 6.29. The van der Waals surface area contributed by atoms with Crippen LogP contribution in [0.5, 0.6) is 0 Å². The molecule has 0 N–H and O–H groups in total. The summed E-state index contributed by atoms with van der Waals surface area (Å²) in [5, 5.41) is 9.25. The summed E-state index contributed by atoms with van der Waals surface area (Å²) >= 11 is 2.79. The van der Waals surface area contributed by atoms with Gasteiger partial charge in [-0.2, -0.15) is 5.26 Å². The summed E-state index contributed by atoms with van der Waals surface area (Å²) in [4.78, 5) is 13.3.